The summed E-state index contributed by atoms with van der Waals surface area (Å²) in [6.07, 6.45) is 0. The topological polar surface area (TPSA) is 38.5 Å². The zero-order valence-electron chi connectivity index (χ0n) is 20.0. The predicted octanol–water partition coefficient (Wildman–Crippen LogP) is 8.27. The number of rotatable bonds is 3. The summed E-state index contributed by atoms with van der Waals surface area (Å²) in [5.74, 6) is 0.933. The molecule has 8 aromatic rings. The Labute approximate surface area is 213 Å². The molecule has 1 N–H and O–H groups in total. The van der Waals surface area contributed by atoms with E-state index in [4.69, 9.17) is 4.98 Å². The highest BCUT2D eigenvalue weighted by molar-refractivity contribution is 6.25. The first kappa shape index (κ1) is 20.1. The van der Waals surface area contributed by atoms with Crippen molar-refractivity contribution in [2.75, 3.05) is 0 Å². The number of imidazole rings is 1. The van der Waals surface area contributed by atoms with Gasteiger partial charge in [-0.3, -0.25) is 9.13 Å². The molecule has 0 aliphatic carbocycles. The first-order valence-corrected chi connectivity index (χ1v) is 12.5. The van der Waals surface area contributed by atoms with Crippen LogP contribution in [0.25, 0.3) is 66.6 Å². The fourth-order valence-electron chi connectivity index (χ4n) is 5.70. The Morgan fingerprint density at radius 1 is 0.486 bits per heavy atom. The van der Waals surface area contributed by atoms with E-state index in [1.807, 2.05) is 6.07 Å². The second-order valence-corrected chi connectivity index (χ2v) is 9.37. The van der Waals surface area contributed by atoms with E-state index >= 15 is 0 Å². The number of nitrogens with zero attached hydrogens (tertiary/aromatic N) is 3. The van der Waals surface area contributed by atoms with Gasteiger partial charge in [0.05, 0.1) is 5.52 Å². The van der Waals surface area contributed by atoms with Crippen LogP contribution in [0.3, 0.4) is 0 Å². The Balaban J connectivity index is 1.63. The van der Waals surface area contributed by atoms with E-state index in [9.17, 15) is 0 Å². The molecule has 3 aromatic heterocycles. The second kappa shape index (κ2) is 7.70. The highest BCUT2D eigenvalue weighted by Crippen LogP contribution is 2.41. The molecule has 5 aromatic carbocycles. The lowest BCUT2D eigenvalue weighted by Crippen LogP contribution is -1.98. The summed E-state index contributed by atoms with van der Waals surface area (Å²) >= 11 is 0. The number of aromatic amines is 1. The molecule has 3 heterocycles. The van der Waals surface area contributed by atoms with Crippen molar-refractivity contribution < 1.29 is 0 Å². The van der Waals surface area contributed by atoms with Gasteiger partial charge in [-0.05, 0) is 42.5 Å². The summed E-state index contributed by atoms with van der Waals surface area (Å²) in [5, 5.41) is 3.61. The van der Waals surface area contributed by atoms with Crippen molar-refractivity contribution in [2.24, 2.45) is 0 Å². The number of nitrogens with one attached hydrogen (secondary N) is 1. The van der Waals surface area contributed by atoms with Crippen molar-refractivity contribution in [1.29, 1.82) is 0 Å². The van der Waals surface area contributed by atoms with Gasteiger partial charge in [-0.15, -0.1) is 0 Å². The van der Waals surface area contributed by atoms with Gasteiger partial charge >= 0.3 is 0 Å². The van der Waals surface area contributed by atoms with Crippen LogP contribution in [0.5, 0.6) is 0 Å². The van der Waals surface area contributed by atoms with Gasteiger partial charge in [-0.25, -0.2) is 4.98 Å². The summed E-state index contributed by atoms with van der Waals surface area (Å²) in [5.41, 5.74) is 8.76. The molecule has 0 atom stereocenters. The molecule has 0 radical (unpaired) electrons. The number of hydrogen-bond donors (Lipinski definition) is 1. The van der Waals surface area contributed by atoms with Crippen LogP contribution in [0, 0.1) is 0 Å². The zero-order valence-corrected chi connectivity index (χ0v) is 20.0. The highest BCUT2D eigenvalue weighted by Gasteiger charge is 2.25. The zero-order chi connectivity index (χ0) is 24.3. The van der Waals surface area contributed by atoms with Gasteiger partial charge < -0.3 is 4.98 Å². The lowest BCUT2D eigenvalue weighted by atomic mass is 10.1. The summed E-state index contributed by atoms with van der Waals surface area (Å²) in [7, 11) is 0. The number of H-pyrrole nitrogens is 1. The summed E-state index contributed by atoms with van der Waals surface area (Å²) in [6, 6.07) is 44.6. The molecule has 0 unspecified atom stereocenters. The van der Waals surface area contributed by atoms with E-state index in [-0.39, 0.29) is 0 Å². The van der Waals surface area contributed by atoms with Gasteiger partial charge in [0.2, 0.25) is 0 Å². The van der Waals surface area contributed by atoms with E-state index in [0.29, 0.717) is 0 Å². The maximum absolute atomic E-state index is 5.36. The maximum Gasteiger partial charge on any atom is 0.165 e. The van der Waals surface area contributed by atoms with Crippen molar-refractivity contribution in [3.8, 4) is 22.8 Å². The van der Waals surface area contributed by atoms with Gasteiger partial charge in [0.1, 0.15) is 11.3 Å². The molecule has 4 heteroatoms. The number of aromatic nitrogens is 4. The van der Waals surface area contributed by atoms with Crippen molar-refractivity contribution >= 4 is 43.9 Å². The Hall–Kier alpha value is -5.09. The SMILES string of the molecule is c1ccc(-c2nc3c(c4ccc5[nH]c6ccccc6c5c4n3-c3ccccc3)n2-c2ccccc2)cc1. The fraction of sp³-hybridized carbons (Fsp3) is 0. The first-order chi connectivity index (χ1) is 18.4. The molecule has 0 bridgehead atoms. The molecule has 37 heavy (non-hydrogen) atoms. The van der Waals surface area contributed by atoms with Gasteiger partial charge in [0.15, 0.2) is 5.65 Å². The molecule has 8 rings (SSSR count). The molecule has 0 saturated carbocycles. The number of para-hydroxylation sites is 3. The van der Waals surface area contributed by atoms with Crippen LogP contribution < -0.4 is 0 Å². The maximum atomic E-state index is 5.36. The standard InChI is InChI=1S/C33H22N4/c1-4-12-22(13-5-1)32-35-33-31(37(32)24-16-8-3-9-17-24)26-20-21-28-29(25-18-10-11-19-27(25)34-28)30(26)36(33)23-14-6-2-7-15-23/h1-21,34H. The van der Waals surface area contributed by atoms with Gasteiger partial charge in [-0.1, -0.05) is 84.9 Å². The molecule has 0 aliphatic rings. The average Bonchev–Trinajstić information content (AvgIpc) is 3.63. The van der Waals surface area contributed by atoms with Crippen molar-refractivity contribution in [1.82, 2.24) is 19.1 Å². The van der Waals surface area contributed by atoms with Crippen LogP contribution in [0.1, 0.15) is 0 Å². The molecule has 0 spiro atoms. The van der Waals surface area contributed by atoms with Crippen LogP contribution in [0.15, 0.2) is 127 Å². The van der Waals surface area contributed by atoms with Gasteiger partial charge in [-0.2, -0.15) is 0 Å². The van der Waals surface area contributed by atoms with Crippen molar-refractivity contribution in [3.63, 3.8) is 0 Å². The Bertz CT molecular complexity index is 2060. The van der Waals surface area contributed by atoms with Crippen LogP contribution in [-0.2, 0) is 0 Å². The molecule has 0 aliphatic heterocycles. The van der Waals surface area contributed by atoms with Crippen molar-refractivity contribution in [3.05, 3.63) is 127 Å². The van der Waals surface area contributed by atoms with Crippen molar-refractivity contribution in [2.45, 2.75) is 0 Å². The third kappa shape index (κ3) is 2.87. The van der Waals surface area contributed by atoms with E-state index in [2.05, 4.69) is 135 Å². The molecule has 174 valence electrons. The van der Waals surface area contributed by atoms with Crippen LogP contribution >= 0.6 is 0 Å². The molecule has 0 amide bonds. The predicted molar refractivity (Wildman–Crippen MR) is 153 cm³/mol. The number of benzene rings is 5. The van der Waals surface area contributed by atoms with E-state index in [1.165, 1.54) is 21.7 Å². The molecule has 4 nitrogen and oxygen atoms in total. The monoisotopic (exact) mass is 474 g/mol. The Morgan fingerprint density at radius 2 is 1.11 bits per heavy atom. The minimum atomic E-state index is 0.933. The normalized spacial score (nSPS) is 11.8. The third-order valence-corrected chi connectivity index (χ3v) is 7.25. The summed E-state index contributed by atoms with van der Waals surface area (Å²) in [4.78, 5) is 8.99. The summed E-state index contributed by atoms with van der Waals surface area (Å²) < 4.78 is 4.65. The number of fused-ring (bicyclic) bond motifs is 7. The molecular weight excluding hydrogens is 452 g/mol. The minimum absolute atomic E-state index is 0.933. The number of hydrogen-bond acceptors (Lipinski definition) is 1. The third-order valence-electron chi connectivity index (χ3n) is 7.25. The molecular formula is C33H22N4. The fourth-order valence-corrected chi connectivity index (χ4v) is 5.70. The first-order valence-electron chi connectivity index (χ1n) is 12.5. The smallest absolute Gasteiger partial charge is 0.165 e. The van der Waals surface area contributed by atoms with Crippen LogP contribution in [0.2, 0.25) is 0 Å². The van der Waals surface area contributed by atoms with Crippen LogP contribution in [-0.4, -0.2) is 19.1 Å². The quantitative estimate of drug-likeness (QED) is 0.275. The largest absolute Gasteiger partial charge is 0.354 e. The average molecular weight is 475 g/mol. The molecule has 0 fully saturated rings. The van der Waals surface area contributed by atoms with Gasteiger partial charge in [0, 0.05) is 44.1 Å². The summed E-state index contributed by atoms with van der Waals surface area (Å²) in [6.45, 7) is 0. The molecule has 0 saturated heterocycles. The Morgan fingerprint density at radius 3 is 1.84 bits per heavy atom. The van der Waals surface area contributed by atoms with Crippen LogP contribution in [0.4, 0.5) is 0 Å². The van der Waals surface area contributed by atoms with E-state index in [0.717, 1.165) is 45.0 Å². The lowest BCUT2D eigenvalue weighted by Gasteiger charge is -2.10. The lowest BCUT2D eigenvalue weighted by molar-refractivity contribution is 1.10. The highest BCUT2D eigenvalue weighted by atomic mass is 15.2. The van der Waals surface area contributed by atoms with E-state index < -0.39 is 0 Å². The second-order valence-electron chi connectivity index (χ2n) is 9.37. The van der Waals surface area contributed by atoms with E-state index in [1.54, 1.807) is 0 Å². The van der Waals surface area contributed by atoms with Gasteiger partial charge in [0.25, 0.3) is 0 Å². The Kier molecular flexibility index (Phi) is 4.19. The minimum Gasteiger partial charge on any atom is -0.354 e.